The van der Waals surface area contributed by atoms with Crippen LogP contribution in [0.4, 0.5) is 19.0 Å². The van der Waals surface area contributed by atoms with Gasteiger partial charge < -0.3 is 9.88 Å². The van der Waals surface area contributed by atoms with Crippen molar-refractivity contribution < 1.29 is 13.2 Å². The molecule has 30 heavy (non-hydrogen) atoms. The molecule has 0 aromatic carbocycles. The molecule has 2 N–H and O–H groups in total. The highest BCUT2D eigenvalue weighted by atomic mass is 35.5. The summed E-state index contributed by atoms with van der Waals surface area (Å²) in [7, 11) is 1.76. The number of rotatable bonds is 7. The highest BCUT2D eigenvalue weighted by Crippen LogP contribution is 2.37. The van der Waals surface area contributed by atoms with Crippen LogP contribution in [0, 0.1) is 5.41 Å². The molecule has 0 bridgehead atoms. The van der Waals surface area contributed by atoms with Crippen LogP contribution in [0.5, 0.6) is 0 Å². The second-order valence-electron chi connectivity index (χ2n) is 5.86. The Morgan fingerprint density at radius 2 is 2.10 bits per heavy atom. The minimum atomic E-state index is -4.42. The average molecular weight is 473 g/mol. The summed E-state index contributed by atoms with van der Waals surface area (Å²) in [5.74, 6) is 1.83. The van der Waals surface area contributed by atoms with Gasteiger partial charge in [-0.1, -0.05) is 18.5 Å². The Balaban J connectivity index is 2.05. The summed E-state index contributed by atoms with van der Waals surface area (Å²) in [5, 5.41) is 9.86. The minimum absolute atomic E-state index is 0.128. The first-order valence-electron chi connectivity index (χ1n) is 8.57. The number of hydrogen-bond acceptors (Lipinski definition) is 7. The minimum Gasteiger partial charge on any atom is -0.347 e. The maximum Gasteiger partial charge on any atom is 0.447 e. The molecule has 0 unspecified atom stereocenters. The normalized spacial score (nSPS) is 12.1. The molecule has 3 aromatic rings. The Labute approximate surface area is 183 Å². The van der Waals surface area contributed by atoms with E-state index in [1.54, 1.807) is 29.4 Å². The Morgan fingerprint density at radius 1 is 1.33 bits per heavy atom. The predicted octanol–water partition coefficient (Wildman–Crippen LogP) is 5.90. The van der Waals surface area contributed by atoms with Crippen LogP contribution in [0.1, 0.15) is 6.92 Å². The van der Waals surface area contributed by atoms with Gasteiger partial charge in [0.05, 0.1) is 17.2 Å². The summed E-state index contributed by atoms with van der Waals surface area (Å²) in [6, 6.07) is 4.99. The van der Waals surface area contributed by atoms with Crippen LogP contribution in [0.25, 0.3) is 22.6 Å². The Bertz CT molecular complexity index is 1110. The van der Waals surface area contributed by atoms with Crippen LogP contribution in [0.2, 0.25) is 0 Å². The molecule has 0 amide bonds. The fourth-order valence-corrected chi connectivity index (χ4v) is 3.94. The van der Waals surface area contributed by atoms with Crippen molar-refractivity contribution in [1.82, 2.24) is 19.5 Å². The number of thioether (sulfide) groups is 2. The number of fused-ring (bicyclic) bond motifs is 1. The summed E-state index contributed by atoms with van der Waals surface area (Å²) in [6.45, 7) is 2.01. The van der Waals surface area contributed by atoms with E-state index in [9.17, 15) is 13.2 Å². The number of aromatic nitrogens is 4. The number of aryl methyl sites for hydroxylation is 1. The van der Waals surface area contributed by atoms with Crippen LogP contribution in [0.15, 0.2) is 46.6 Å². The van der Waals surface area contributed by atoms with Crippen LogP contribution < -0.4 is 5.32 Å². The van der Waals surface area contributed by atoms with E-state index in [0.717, 1.165) is 10.6 Å². The molecular formula is C18H16ClF3N6S2. The summed E-state index contributed by atoms with van der Waals surface area (Å²) < 4.78 is 39.8. The van der Waals surface area contributed by atoms with Crippen molar-refractivity contribution in [3.63, 3.8) is 0 Å². The molecule has 0 saturated heterocycles. The van der Waals surface area contributed by atoms with Crippen molar-refractivity contribution in [1.29, 1.82) is 5.41 Å². The third kappa shape index (κ3) is 5.46. The molecule has 3 rings (SSSR count). The van der Waals surface area contributed by atoms with Gasteiger partial charge in [-0.15, -0.1) is 11.8 Å². The van der Waals surface area contributed by atoms with Crippen LogP contribution >= 0.6 is 35.1 Å². The number of anilines is 1. The molecule has 0 aliphatic heterocycles. The van der Waals surface area contributed by atoms with Crippen molar-refractivity contribution in [3.8, 4) is 11.5 Å². The molecule has 0 aliphatic rings. The SMILES string of the molecule is CCSc1ccc(N/C=C\C(=N)Cl)nc1-c1nc2cc(SC(F)(F)F)ncc2n1C. The van der Waals surface area contributed by atoms with Gasteiger partial charge >= 0.3 is 5.51 Å². The zero-order valence-corrected chi connectivity index (χ0v) is 18.2. The number of pyridine rings is 2. The molecule has 0 fully saturated rings. The summed E-state index contributed by atoms with van der Waals surface area (Å²) in [5.41, 5.74) is -2.83. The lowest BCUT2D eigenvalue weighted by Gasteiger charge is -2.10. The number of halogens is 4. The number of nitrogens with zero attached hydrogens (tertiary/aromatic N) is 4. The van der Waals surface area contributed by atoms with Gasteiger partial charge in [0.15, 0.2) is 5.82 Å². The van der Waals surface area contributed by atoms with E-state index in [1.807, 2.05) is 13.0 Å². The third-order valence-electron chi connectivity index (χ3n) is 3.79. The zero-order valence-electron chi connectivity index (χ0n) is 15.8. The number of imidazole rings is 1. The molecule has 0 atom stereocenters. The summed E-state index contributed by atoms with van der Waals surface area (Å²) in [4.78, 5) is 13.9. The van der Waals surface area contributed by atoms with E-state index in [4.69, 9.17) is 17.0 Å². The van der Waals surface area contributed by atoms with Gasteiger partial charge in [0.25, 0.3) is 0 Å². The molecule has 0 saturated carbocycles. The monoisotopic (exact) mass is 472 g/mol. The predicted molar refractivity (Wildman–Crippen MR) is 116 cm³/mol. The Kier molecular flexibility index (Phi) is 6.94. The van der Waals surface area contributed by atoms with E-state index >= 15 is 0 Å². The van der Waals surface area contributed by atoms with E-state index in [-0.39, 0.29) is 22.0 Å². The first kappa shape index (κ1) is 22.4. The molecule has 158 valence electrons. The fourth-order valence-electron chi connectivity index (χ4n) is 2.62. The van der Waals surface area contributed by atoms with Gasteiger partial charge in [-0.05, 0) is 30.0 Å². The van der Waals surface area contributed by atoms with Gasteiger partial charge in [0, 0.05) is 29.9 Å². The second kappa shape index (κ2) is 9.27. The lowest BCUT2D eigenvalue weighted by Crippen LogP contribution is -2.01. The standard InChI is InChI=1S/C18H16ClF3N6S2/c1-3-29-12-4-5-14(24-7-6-13(19)23)27-16(12)17-26-10-8-15(30-18(20,21)22)25-9-11(10)28(17)2/h4-9,23H,3H2,1-2H3,(H,24,27)/b7-6-,23-13?. The fraction of sp³-hybridized carbons (Fsp3) is 0.222. The van der Waals surface area contributed by atoms with Crippen molar-refractivity contribution in [2.24, 2.45) is 7.05 Å². The second-order valence-corrected chi connectivity index (χ2v) is 8.65. The van der Waals surface area contributed by atoms with Gasteiger partial charge in [-0.3, -0.25) is 5.41 Å². The van der Waals surface area contributed by atoms with E-state index in [0.29, 0.717) is 28.4 Å². The van der Waals surface area contributed by atoms with Crippen LogP contribution in [-0.2, 0) is 7.05 Å². The maximum atomic E-state index is 12.7. The van der Waals surface area contributed by atoms with Crippen molar-refractivity contribution in [2.75, 3.05) is 11.1 Å². The third-order valence-corrected chi connectivity index (χ3v) is 5.51. The van der Waals surface area contributed by atoms with E-state index < -0.39 is 5.51 Å². The molecule has 0 radical (unpaired) electrons. The number of alkyl halides is 3. The van der Waals surface area contributed by atoms with Gasteiger partial charge in [-0.2, -0.15) is 13.2 Å². The van der Waals surface area contributed by atoms with Gasteiger partial charge in [-0.25, -0.2) is 15.0 Å². The Morgan fingerprint density at radius 3 is 2.77 bits per heavy atom. The molecule has 0 aliphatic carbocycles. The first-order chi connectivity index (χ1) is 14.2. The lowest BCUT2D eigenvalue weighted by molar-refractivity contribution is -0.0329. The zero-order chi connectivity index (χ0) is 21.9. The van der Waals surface area contributed by atoms with Gasteiger partial charge in [0.2, 0.25) is 0 Å². The first-order valence-corrected chi connectivity index (χ1v) is 10.8. The largest absolute Gasteiger partial charge is 0.447 e. The Hall–Kier alpha value is -2.24. The van der Waals surface area contributed by atoms with Crippen molar-refractivity contribution in [2.45, 2.75) is 22.4 Å². The molecule has 0 spiro atoms. The topological polar surface area (TPSA) is 79.5 Å². The quantitative estimate of drug-likeness (QED) is 0.329. The number of hydrogen-bond donors (Lipinski definition) is 2. The average Bonchev–Trinajstić information content (AvgIpc) is 2.97. The smallest absolute Gasteiger partial charge is 0.347 e. The molecule has 3 aromatic heterocycles. The highest BCUT2D eigenvalue weighted by molar-refractivity contribution is 8.00. The van der Waals surface area contributed by atoms with Crippen molar-refractivity contribution in [3.05, 3.63) is 36.7 Å². The highest BCUT2D eigenvalue weighted by Gasteiger charge is 2.30. The number of allylic oxidation sites excluding steroid dienone is 1. The van der Waals surface area contributed by atoms with Crippen molar-refractivity contribution >= 4 is 57.1 Å². The van der Waals surface area contributed by atoms with E-state index in [2.05, 4.69) is 20.3 Å². The van der Waals surface area contributed by atoms with Crippen LogP contribution in [-0.4, -0.2) is 36.0 Å². The van der Waals surface area contributed by atoms with Crippen LogP contribution in [0.3, 0.4) is 0 Å². The summed E-state index contributed by atoms with van der Waals surface area (Å²) in [6.07, 6.45) is 4.25. The molecular weight excluding hydrogens is 457 g/mol. The van der Waals surface area contributed by atoms with E-state index in [1.165, 1.54) is 24.5 Å². The lowest BCUT2D eigenvalue weighted by atomic mass is 10.3. The summed E-state index contributed by atoms with van der Waals surface area (Å²) >= 11 is 6.80. The molecule has 12 heteroatoms. The molecule has 3 heterocycles. The molecule has 6 nitrogen and oxygen atoms in total. The number of nitrogens with one attached hydrogen (secondary N) is 2. The maximum absolute atomic E-state index is 12.7. The van der Waals surface area contributed by atoms with Gasteiger partial charge in [0.1, 0.15) is 21.7 Å².